The maximum atomic E-state index is 15.1. The summed E-state index contributed by atoms with van der Waals surface area (Å²) in [5, 5.41) is 6.79. The van der Waals surface area contributed by atoms with E-state index < -0.39 is 24.0 Å². The van der Waals surface area contributed by atoms with E-state index in [0.717, 1.165) is 35.5 Å². The van der Waals surface area contributed by atoms with Crippen LogP contribution in [0.4, 0.5) is 33.7 Å². The van der Waals surface area contributed by atoms with Crippen molar-refractivity contribution in [3.63, 3.8) is 0 Å². The fourth-order valence-electron chi connectivity index (χ4n) is 4.71. The number of carbonyl (C=O) groups is 2. The van der Waals surface area contributed by atoms with Crippen molar-refractivity contribution >= 4 is 56.2 Å². The summed E-state index contributed by atoms with van der Waals surface area (Å²) >= 11 is 4.52. The number of hydrogen-bond acceptors (Lipinski definition) is 7. The van der Waals surface area contributed by atoms with E-state index in [0.29, 0.717) is 28.0 Å². The first kappa shape index (κ1) is 33.8. The molecule has 1 fully saturated rings. The molecule has 1 aromatic heterocycles. The Labute approximate surface area is 288 Å². The summed E-state index contributed by atoms with van der Waals surface area (Å²) in [5.74, 6) is -1.30. The number of thioether (sulfide) groups is 1. The Morgan fingerprint density at radius 3 is 2.51 bits per heavy atom. The predicted molar refractivity (Wildman–Crippen MR) is 179 cm³/mol. The van der Waals surface area contributed by atoms with E-state index in [9.17, 15) is 22.8 Å². The zero-order valence-electron chi connectivity index (χ0n) is 25.0. The second kappa shape index (κ2) is 14.6. The molecule has 1 saturated heterocycles. The topological polar surface area (TPSA) is 111 Å². The Balaban J connectivity index is 1.14. The number of aliphatic imine (C=N–C) groups is 1. The van der Waals surface area contributed by atoms with Crippen LogP contribution in [0.15, 0.2) is 107 Å². The zero-order chi connectivity index (χ0) is 34.5. The van der Waals surface area contributed by atoms with Gasteiger partial charge in [0.05, 0.1) is 36.0 Å². The molecule has 16 heteroatoms. The Hall–Kier alpha value is -5.06. The minimum Gasteiger partial charge on any atom is -0.406 e. The number of benzene rings is 4. The number of halogens is 5. The molecule has 1 aliphatic rings. The van der Waals surface area contributed by atoms with Gasteiger partial charge >= 0.3 is 12.4 Å². The van der Waals surface area contributed by atoms with E-state index >= 15 is 4.39 Å². The average molecular weight is 756 g/mol. The van der Waals surface area contributed by atoms with Crippen molar-refractivity contribution in [2.75, 3.05) is 16.0 Å². The number of ether oxygens (including phenoxy) is 2. The third-order valence-corrected chi connectivity index (χ3v) is 8.33. The molecule has 250 valence electrons. The van der Waals surface area contributed by atoms with Gasteiger partial charge in [0.25, 0.3) is 0 Å². The number of nitrogens with one attached hydrogen (secondary N) is 1. The van der Waals surface area contributed by atoms with Crippen molar-refractivity contribution in [1.29, 1.82) is 0 Å². The molecule has 0 aliphatic carbocycles. The van der Waals surface area contributed by atoms with Gasteiger partial charge in [-0.25, -0.2) is 18.9 Å². The van der Waals surface area contributed by atoms with Crippen LogP contribution in [-0.2, 0) is 22.7 Å². The Morgan fingerprint density at radius 2 is 1.78 bits per heavy atom. The summed E-state index contributed by atoms with van der Waals surface area (Å²) in [6.45, 7) is 0.558. The van der Waals surface area contributed by atoms with Gasteiger partial charge in [0.2, 0.25) is 5.91 Å². The number of aromatic nitrogens is 3. The van der Waals surface area contributed by atoms with Gasteiger partial charge in [0.15, 0.2) is 11.0 Å². The summed E-state index contributed by atoms with van der Waals surface area (Å²) in [5.41, 5.74) is 2.69. The van der Waals surface area contributed by atoms with Crippen LogP contribution in [0.2, 0.25) is 0 Å². The lowest BCUT2D eigenvalue weighted by Gasteiger charge is -2.20. The Kier molecular flexibility index (Phi) is 10.1. The minimum absolute atomic E-state index is 0.0527. The largest absolute Gasteiger partial charge is 0.573 e. The lowest BCUT2D eigenvalue weighted by molar-refractivity contribution is -0.274. The van der Waals surface area contributed by atoms with Gasteiger partial charge in [0, 0.05) is 15.6 Å². The number of alkyl halides is 3. The fraction of sp³-hybridized carbons (Fsp3) is 0.121. The van der Waals surface area contributed by atoms with Crippen LogP contribution in [0.1, 0.15) is 11.1 Å². The molecular formula is C33H23BrF4N6O4S. The number of carbonyl (C=O) groups excluding carboxylic acids is 2. The van der Waals surface area contributed by atoms with Crippen LogP contribution in [0, 0.1) is 5.82 Å². The van der Waals surface area contributed by atoms with E-state index in [4.69, 9.17) is 4.74 Å². The molecule has 6 rings (SSSR count). The number of nitrogens with zero attached hydrogens (tertiary/aromatic N) is 5. The monoisotopic (exact) mass is 754 g/mol. The molecule has 0 saturated carbocycles. The van der Waals surface area contributed by atoms with E-state index in [-0.39, 0.29) is 40.5 Å². The highest BCUT2D eigenvalue weighted by Gasteiger charge is 2.33. The molecule has 49 heavy (non-hydrogen) atoms. The number of anilines is 2. The number of amides is 3. The highest BCUT2D eigenvalue weighted by molar-refractivity contribution is 9.10. The lowest BCUT2D eigenvalue weighted by Crippen LogP contribution is -2.31. The SMILES string of the molecule is O=C(N=C1SCC(=O)N1c1cc(Br)ccc1COCc1ccccc1)Nc1ccc(-c2ncn(-c3ccc(OC(F)(F)F)cc3)n2)cc1F. The van der Waals surface area contributed by atoms with Crippen LogP contribution in [-0.4, -0.2) is 44.0 Å². The van der Waals surface area contributed by atoms with E-state index in [2.05, 4.69) is 41.1 Å². The highest BCUT2D eigenvalue weighted by atomic mass is 79.9. The normalized spacial score (nSPS) is 14.0. The number of hydrogen-bond donors (Lipinski definition) is 1. The lowest BCUT2D eigenvalue weighted by atomic mass is 10.1. The first-order valence-corrected chi connectivity index (χ1v) is 16.1. The summed E-state index contributed by atoms with van der Waals surface area (Å²) in [6, 6.07) is 23.0. The molecule has 0 radical (unpaired) electrons. The molecule has 0 spiro atoms. The molecule has 10 nitrogen and oxygen atoms in total. The third kappa shape index (κ3) is 8.51. The van der Waals surface area contributed by atoms with Gasteiger partial charge < -0.3 is 14.8 Å². The molecule has 2 heterocycles. The molecular weight excluding hydrogens is 732 g/mol. The van der Waals surface area contributed by atoms with Gasteiger partial charge in [-0.05, 0) is 60.2 Å². The smallest absolute Gasteiger partial charge is 0.406 e. The number of urea groups is 1. The van der Waals surface area contributed by atoms with Crippen molar-refractivity contribution < 1.29 is 36.6 Å². The molecule has 0 atom stereocenters. The van der Waals surface area contributed by atoms with Gasteiger partial charge in [-0.2, -0.15) is 4.99 Å². The average Bonchev–Trinajstić information content (AvgIpc) is 3.70. The van der Waals surface area contributed by atoms with Gasteiger partial charge in [0.1, 0.15) is 17.9 Å². The number of amidine groups is 1. The van der Waals surface area contributed by atoms with Gasteiger partial charge in [-0.1, -0.05) is 64.1 Å². The first-order chi connectivity index (χ1) is 23.5. The minimum atomic E-state index is -4.82. The second-order valence-electron chi connectivity index (χ2n) is 10.3. The van der Waals surface area contributed by atoms with Crippen molar-refractivity contribution in [2.24, 2.45) is 4.99 Å². The molecule has 1 N–H and O–H groups in total. The molecule has 0 unspecified atom stereocenters. The van der Waals surface area contributed by atoms with Crippen LogP contribution in [0.25, 0.3) is 17.1 Å². The molecule has 5 aromatic rings. The van der Waals surface area contributed by atoms with E-state index in [1.807, 2.05) is 42.5 Å². The van der Waals surface area contributed by atoms with Gasteiger partial charge in [-0.15, -0.1) is 18.3 Å². The van der Waals surface area contributed by atoms with Crippen molar-refractivity contribution in [3.8, 4) is 22.8 Å². The summed E-state index contributed by atoms with van der Waals surface area (Å²) < 4.78 is 64.3. The Bertz CT molecular complexity index is 2030. The second-order valence-corrected chi connectivity index (χ2v) is 12.2. The van der Waals surface area contributed by atoms with E-state index in [1.165, 1.54) is 40.2 Å². The summed E-state index contributed by atoms with van der Waals surface area (Å²) in [6.07, 6.45) is -3.50. The van der Waals surface area contributed by atoms with Crippen molar-refractivity contribution in [2.45, 2.75) is 19.6 Å². The van der Waals surface area contributed by atoms with Crippen LogP contribution < -0.4 is 15.0 Å². The van der Waals surface area contributed by atoms with Crippen LogP contribution in [0.3, 0.4) is 0 Å². The van der Waals surface area contributed by atoms with Crippen LogP contribution >= 0.6 is 27.7 Å². The number of rotatable bonds is 9. The third-order valence-electron chi connectivity index (χ3n) is 6.92. The van der Waals surface area contributed by atoms with Crippen LogP contribution in [0.5, 0.6) is 5.75 Å². The molecule has 3 amide bonds. The van der Waals surface area contributed by atoms with Gasteiger partial charge in [-0.3, -0.25) is 9.69 Å². The first-order valence-electron chi connectivity index (χ1n) is 14.4. The van der Waals surface area contributed by atoms with Crippen molar-refractivity contribution in [1.82, 2.24) is 14.8 Å². The predicted octanol–water partition coefficient (Wildman–Crippen LogP) is 8.12. The maximum Gasteiger partial charge on any atom is 0.573 e. The summed E-state index contributed by atoms with van der Waals surface area (Å²) in [7, 11) is 0. The van der Waals surface area contributed by atoms with E-state index in [1.54, 1.807) is 6.07 Å². The Morgan fingerprint density at radius 1 is 1.00 bits per heavy atom. The standard InChI is InChI=1S/C33H23BrF4N6O4S/c34-23-8-6-22(17-47-16-20-4-2-1-3-5-20)28(15-23)44-29(45)18-49-32(44)41-31(46)40-27-13-7-21(14-26(27)35)30-39-19-43(42-30)24-9-11-25(12-10-24)48-33(36,37)38/h1-15,19H,16-18H2,(H,40,46). The quantitative estimate of drug-likeness (QED) is 0.151. The molecule has 0 bridgehead atoms. The highest BCUT2D eigenvalue weighted by Crippen LogP contribution is 2.33. The zero-order valence-corrected chi connectivity index (χ0v) is 27.4. The summed E-state index contributed by atoms with van der Waals surface area (Å²) in [4.78, 5) is 35.5. The molecule has 4 aromatic carbocycles. The fourth-order valence-corrected chi connectivity index (χ4v) is 5.92. The van der Waals surface area contributed by atoms with Crippen molar-refractivity contribution in [3.05, 3.63) is 119 Å². The maximum absolute atomic E-state index is 15.1. The molecule has 1 aliphatic heterocycles.